The van der Waals surface area contributed by atoms with Crippen molar-refractivity contribution >= 4 is 11.6 Å². The van der Waals surface area contributed by atoms with Crippen LogP contribution in [0.4, 0.5) is 5.69 Å². The molecule has 0 spiro atoms. The predicted octanol–water partition coefficient (Wildman–Crippen LogP) is 1.71. The van der Waals surface area contributed by atoms with Gasteiger partial charge in [-0.2, -0.15) is 0 Å². The maximum atomic E-state index is 12.6. The normalized spacial score (nSPS) is 25.0. The van der Waals surface area contributed by atoms with E-state index in [1.165, 1.54) is 12.8 Å². The summed E-state index contributed by atoms with van der Waals surface area (Å²) in [6.07, 6.45) is 4.38. The van der Waals surface area contributed by atoms with E-state index in [0.717, 1.165) is 36.6 Å². The van der Waals surface area contributed by atoms with Crippen LogP contribution in [0, 0.1) is 0 Å². The van der Waals surface area contributed by atoms with Crippen LogP contribution in [-0.4, -0.2) is 37.7 Å². The Morgan fingerprint density at radius 3 is 2.71 bits per heavy atom. The lowest BCUT2D eigenvalue weighted by Crippen LogP contribution is -2.51. The molecule has 21 heavy (non-hydrogen) atoms. The summed E-state index contributed by atoms with van der Waals surface area (Å²) in [6.45, 7) is 1.93. The fourth-order valence-electron chi connectivity index (χ4n) is 3.02. The summed E-state index contributed by atoms with van der Waals surface area (Å²) in [5.74, 6) is 1.69. The molecule has 0 aromatic heterocycles. The molecular weight excluding hydrogens is 268 g/mol. The van der Waals surface area contributed by atoms with Gasteiger partial charge in [-0.1, -0.05) is 0 Å². The summed E-state index contributed by atoms with van der Waals surface area (Å²) in [5.41, 5.74) is 0.909. The van der Waals surface area contributed by atoms with E-state index >= 15 is 0 Å². The van der Waals surface area contributed by atoms with Crippen LogP contribution >= 0.6 is 0 Å². The zero-order valence-corrected chi connectivity index (χ0v) is 12.0. The second-order valence-electron chi connectivity index (χ2n) is 5.95. The Hall–Kier alpha value is -1.75. The monoisotopic (exact) mass is 288 g/mol. The molecule has 1 saturated heterocycles. The van der Waals surface area contributed by atoms with Gasteiger partial charge in [-0.3, -0.25) is 4.79 Å². The van der Waals surface area contributed by atoms with Crippen LogP contribution in [0.1, 0.15) is 25.7 Å². The predicted molar refractivity (Wildman–Crippen MR) is 79.0 cm³/mol. The molecule has 0 radical (unpaired) electrons. The first-order chi connectivity index (χ1) is 10.3. The maximum absolute atomic E-state index is 12.6. The van der Waals surface area contributed by atoms with Gasteiger partial charge >= 0.3 is 0 Å². The Balaban J connectivity index is 1.55. The van der Waals surface area contributed by atoms with Crippen molar-refractivity contribution < 1.29 is 14.3 Å². The zero-order valence-electron chi connectivity index (χ0n) is 12.0. The van der Waals surface area contributed by atoms with Crippen molar-refractivity contribution in [2.75, 3.05) is 24.7 Å². The Kier molecular flexibility index (Phi) is 3.22. The van der Waals surface area contributed by atoms with Crippen molar-refractivity contribution in [3.8, 4) is 11.5 Å². The van der Waals surface area contributed by atoms with Crippen LogP contribution in [0.2, 0.25) is 0 Å². The van der Waals surface area contributed by atoms with Crippen molar-refractivity contribution in [1.29, 1.82) is 0 Å². The molecule has 4 rings (SSSR count). The van der Waals surface area contributed by atoms with Gasteiger partial charge in [0.15, 0.2) is 11.5 Å². The average molecular weight is 288 g/mol. The second kappa shape index (κ2) is 5.22. The third kappa shape index (κ3) is 2.58. The summed E-state index contributed by atoms with van der Waals surface area (Å²) in [6, 6.07) is 6.30. The smallest absolute Gasteiger partial charge is 0.244 e. The number of benzene rings is 1. The Bertz CT molecular complexity index is 556. The topological polar surface area (TPSA) is 50.8 Å². The first kappa shape index (κ1) is 13.0. The molecule has 2 aliphatic heterocycles. The van der Waals surface area contributed by atoms with Gasteiger partial charge in [0.1, 0.15) is 13.2 Å². The van der Waals surface area contributed by atoms with E-state index in [9.17, 15) is 4.79 Å². The van der Waals surface area contributed by atoms with Crippen molar-refractivity contribution in [2.45, 2.75) is 37.8 Å². The number of carbonyl (C=O) groups excluding carboxylic acids is 1. The van der Waals surface area contributed by atoms with Crippen LogP contribution in [0.5, 0.6) is 11.5 Å². The molecule has 1 saturated carbocycles. The molecule has 1 aromatic rings. The van der Waals surface area contributed by atoms with E-state index in [2.05, 4.69) is 5.32 Å². The molecule has 1 atom stereocenters. The summed E-state index contributed by atoms with van der Waals surface area (Å²) < 4.78 is 11.1. The van der Waals surface area contributed by atoms with E-state index in [0.29, 0.717) is 19.3 Å². The molecule has 1 unspecified atom stereocenters. The van der Waals surface area contributed by atoms with Crippen molar-refractivity contribution in [3.63, 3.8) is 0 Å². The van der Waals surface area contributed by atoms with Gasteiger partial charge in [-0.15, -0.1) is 0 Å². The van der Waals surface area contributed by atoms with Crippen molar-refractivity contribution in [1.82, 2.24) is 5.32 Å². The maximum Gasteiger partial charge on any atom is 0.244 e. The van der Waals surface area contributed by atoms with E-state index in [1.54, 1.807) is 0 Å². The molecule has 112 valence electrons. The summed E-state index contributed by atoms with van der Waals surface area (Å²) >= 11 is 0. The number of carbonyl (C=O) groups is 1. The minimum atomic E-state index is -0.0283. The fourth-order valence-corrected chi connectivity index (χ4v) is 3.02. The Labute approximate surface area is 124 Å². The fraction of sp³-hybridized carbons (Fsp3) is 0.562. The van der Waals surface area contributed by atoms with E-state index in [1.807, 2.05) is 23.1 Å². The Morgan fingerprint density at radius 2 is 1.90 bits per heavy atom. The SMILES string of the molecule is O=C1C(NC2CC2)CCCN1c1ccc2c(c1)OCCO2. The second-order valence-corrected chi connectivity index (χ2v) is 5.95. The molecule has 2 heterocycles. The minimum Gasteiger partial charge on any atom is -0.486 e. The van der Waals surface area contributed by atoms with Crippen molar-refractivity contribution in [3.05, 3.63) is 18.2 Å². The van der Waals surface area contributed by atoms with Gasteiger partial charge in [-0.25, -0.2) is 0 Å². The number of nitrogens with one attached hydrogen (secondary N) is 1. The molecule has 1 aromatic carbocycles. The molecule has 1 amide bonds. The lowest BCUT2D eigenvalue weighted by atomic mass is 10.0. The largest absolute Gasteiger partial charge is 0.486 e. The third-order valence-electron chi connectivity index (χ3n) is 4.29. The van der Waals surface area contributed by atoms with Gasteiger partial charge in [0.05, 0.1) is 6.04 Å². The van der Waals surface area contributed by atoms with Crippen LogP contribution in [-0.2, 0) is 4.79 Å². The highest BCUT2D eigenvalue weighted by Crippen LogP contribution is 2.35. The molecule has 5 heteroatoms. The summed E-state index contributed by atoms with van der Waals surface area (Å²) in [5, 5.41) is 3.46. The van der Waals surface area contributed by atoms with Gasteiger partial charge in [0.25, 0.3) is 0 Å². The molecule has 0 bridgehead atoms. The quantitative estimate of drug-likeness (QED) is 0.920. The van der Waals surface area contributed by atoms with E-state index in [-0.39, 0.29) is 11.9 Å². The lowest BCUT2D eigenvalue weighted by Gasteiger charge is -2.33. The molecule has 3 aliphatic rings. The number of rotatable bonds is 3. The van der Waals surface area contributed by atoms with E-state index in [4.69, 9.17) is 9.47 Å². The number of hydrogen-bond acceptors (Lipinski definition) is 4. The highest BCUT2D eigenvalue weighted by molar-refractivity contribution is 5.98. The van der Waals surface area contributed by atoms with Gasteiger partial charge in [0, 0.05) is 24.3 Å². The van der Waals surface area contributed by atoms with E-state index < -0.39 is 0 Å². The number of fused-ring (bicyclic) bond motifs is 1. The molecule has 5 nitrogen and oxygen atoms in total. The number of piperidine rings is 1. The summed E-state index contributed by atoms with van der Waals surface area (Å²) in [4.78, 5) is 14.5. The Morgan fingerprint density at radius 1 is 1.10 bits per heavy atom. The zero-order chi connectivity index (χ0) is 14.2. The van der Waals surface area contributed by atoms with Crippen LogP contribution < -0.4 is 19.7 Å². The van der Waals surface area contributed by atoms with Gasteiger partial charge < -0.3 is 19.7 Å². The lowest BCUT2D eigenvalue weighted by molar-refractivity contribution is -0.121. The molecule has 2 fully saturated rings. The van der Waals surface area contributed by atoms with Crippen LogP contribution in [0.15, 0.2) is 18.2 Å². The highest BCUT2D eigenvalue weighted by Gasteiger charge is 2.34. The number of ether oxygens (including phenoxy) is 2. The minimum absolute atomic E-state index is 0.0283. The number of anilines is 1. The molecule has 1 N–H and O–H groups in total. The van der Waals surface area contributed by atoms with Gasteiger partial charge in [-0.05, 0) is 37.8 Å². The highest BCUT2D eigenvalue weighted by atomic mass is 16.6. The van der Waals surface area contributed by atoms with Crippen molar-refractivity contribution in [2.24, 2.45) is 0 Å². The average Bonchev–Trinajstić information content (AvgIpc) is 3.33. The molecule has 1 aliphatic carbocycles. The number of nitrogens with zero attached hydrogens (tertiary/aromatic N) is 1. The van der Waals surface area contributed by atoms with Crippen LogP contribution in [0.25, 0.3) is 0 Å². The van der Waals surface area contributed by atoms with Crippen LogP contribution in [0.3, 0.4) is 0 Å². The van der Waals surface area contributed by atoms with Gasteiger partial charge in [0.2, 0.25) is 5.91 Å². The first-order valence-corrected chi connectivity index (χ1v) is 7.78. The standard InChI is InChI=1S/C16H20N2O3/c19-16-13(17-11-3-4-11)2-1-7-18(16)12-5-6-14-15(10-12)21-9-8-20-14/h5-6,10-11,13,17H,1-4,7-9H2. The third-order valence-corrected chi connectivity index (χ3v) is 4.29. The number of hydrogen-bond donors (Lipinski definition) is 1. The number of amides is 1. The first-order valence-electron chi connectivity index (χ1n) is 7.78. The molecular formula is C16H20N2O3. The summed E-state index contributed by atoms with van der Waals surface area (Å²) in [7, 11) is 0.